The van der Waals surface area contributed by atoms with Crippen molar-refractivity contribution < 1.29 is 4.79 Å². The number of benzene rings is 1. The third kappa shape index (κ3) is 1.73. The van der Waals surface area contributed by atoms with Crippen molar-refractivity contribution in [2.75, 3.05) is 16.8 Å². The van der Waals surface area contributed by atoms with Gasteiger partial charge in [0.1, 0.15) is 6.54 Å². The lowest BCUT2D eigenvalue weighted by atomic mass is 10.2. The monoisotopic (exact) mass is 225 g/mol. The van der Waals surface area contributed by atoms with Gasteiger partial charge >= 0.3 is 0 Å². The molecule has 17 heavy (non-hydrogen) atoms. The minimum absolute atomic E-state index is 0.00690. The highest BCUT2D eigenvalue weighted by atomic mass is 16.2. The second-order valence-corrected chi connectivity index (χ2v) is 3.86. The number of carbonyl (C=O) groups is 1. The highest BCUT2D eigenvalue weighted by Gasteiger charge is 2.22. The number of pyridine rings is 1. The van der Waals surface area contributed by atoms with E-state index in [2.05, 4.69) is 10.3 Å². The first-order valence-corrected chi connectivity index (χ1v) is 5.41. The summed E-state index contributed by atoms with van der Waals surface area (Å²) in [6, 6.07) is 11.6. The Morgan fingerprint density at radius 2 is 2.06 bits per heavy atom. The van der Waals surface area contributed by atoms with Crippen molar-refractivity contribution >= 4 is 23.0 Å². The molecule has 1 amide bonds. The molecule has 1 aromatic heterocycles. The molecule has 0 saturated carbocycles. The van der Waals surface area contributed by atoms with Crippen molar-refractivity contribution in [3.8, 4) is 0 Å². The Kier molecular flexibility index (Phi) is 2.26. The molecule has 2 aromatic rings. The number of fused-ring (bicyclic) bond motifs is 1. The summed E-state index contributed by atoms with van der Waals surface area (Å²) < 4.78 is 0. The Morgan fingerprint density at radius 1 is 1.18 bits per heavy atom. The Hall–Kier alpha value is -2.36. The van der Waals surface area contributed by atoms with Crippen LogP contribution < -0.4 is 10.2 Å². The van der Waals surface area contributed by atoms with E-state index in [1.165, 1.54) is 0 Å². The molecule has 4 nitrogen and oxygen atoms in total. The average molecular weight is 225 g/mol. The number of aromatic nitrogens is 1. The zero-order valence-electron chi connectivity index (χ0n) is 9.13. The first-order chi connectivity index (χ1) is 8.34. The molecule has 4 heteroatoms. The Bertz CT molecular complexity index is 554. The molecule has 0 radical (unpaired) electrons. The van der Waals surface area contributed by atoms with Gasteiger partial charge in [0.15, 0.2) is 0 Å². The quantitative estimate of drug-likeness (QED) is 0.809. The highest BCUT2D eigenvalue weighted by Crippen LogP contribution is 2.33. The molecular formula is C13H11N3O. The SMILES string of the molecule is O=C1CN(c2cccnc2)c2ccccc2N1. The second-order valence-electron chi connectivity index (χ2n) is 3.86. The summed E-state index contributed by atoms with van der Waals surface area (Å²) in [7, 11) is 0. The largest absolute Gasteiger partial charge is 0.329 e. The van der Waals surface area contributed by atoms with Crippen molar-refractivity contribution in [1.82, 2.24) is 4.98 Å². The van der Waals surface area contributed by atoms with Crippen LogP contribution in [-0.2, 0) is 4.79 Å². The predicted octanol–water partition coefficient (Wildman–Crippen LogP) is 2.17. The summed E-state index contributed by atoms with van der Waals surface area (Å²) in [6.45, 7) is 0.322. The van der Waals surface area contributed by atoms with Gasteiger partial charge in [-0.3, -0.25) is 9.78 Å². The molecule has 1 aromatic carbocycles. The number of hydrogen-bond donors (Lipinski definition) is 1. The molecule has 0 saturated heterocycles. The molecule has 0 unspecified atom stereocenters. The normalized spacial score (nSPS) is 14.1. The van der Waals surface area contributed by atoms with E-state index in [-0.39, 0.29) is 5.91 Å². The molecule has 3 rings (SSSR count). The second kappa shape index (κ2) is 3.90. The zero-order valence-corrected chi connectivity index (χ0v) is 9.13. The van der Waals surface area contributed by atoms with Crippen LogP contribution in [0.25, 0.3) is 0 Å². The molecule has 0 bridgehead atoms. The standard InChI is InChI=1S/C13H11N3O/c17-13-9-16(10-4-3-7-14-8-10)12-6-2-1-5-11(12)15-13/h1-8H,9H2,(H,15,17). The third-order valence-corrected chi connectivity index (χ3v) is 2.73. The minimum Gasteiger partial charge on any atom is -0.329 e. The maximum atomic E-state index is 11.6. The van der Waals surface area contributed by atoms with Crippen molar-refractivity contribution in [3.63, 3.8) is 0 Å². The van der Waals surface area contributed by atoms with Gasteiger partial charge in [-0.25, -0.2) is 0 Å². The van der Waals surface area contributed by atoms with Gasteiger partial charge < -0.3 is 10.2 Å². The number of carbonyl (C=O) groups excluding carboxylic acids is 1. The van der Waals surface area contributed by atoms with Crippen LogP contribution in [0.5, 0.6) is 0 Å². The Labute approximate surface area is 98.9 Å². The molecule has 1 aliphatic rings. The van der Waals surface area contributed by atoms with Crippen LogP contribution in [-0.4, -0.2) is 17.4 Å². The summed E-state index contributed by atoms with van der Waals surface area (Å²) in [4.78, 5) is 17.7. The molecule has 1 N–H and O–H groups in total. The molecule has 2 heterocycles. The van der Waals surface area contributed by atoms with Gasteiger partial charge in [0.25, 0.3) is 0 Å². The Balaban J connectivity index is 2.10. The maximum Gasteiger partial charge on any atom is 0.244 e. The molecule has 1 aliphatic heterocycles. The van der Waals surface area contributed by atoms with E-state index in [0.717, 1.165) is 17.1 Å². The van der Waals surface area contributed by atoms with E-state index in [9.17, 15) is 4.79 Å². The fraction of sp³-hybridized carbons (Fsp3) is 0.0769. The van der Waals surface area contributed by atoms with Gasteiger partial charge in [-0.15, -0.1) is 0 Å². The summed E-state index contributed by atoms with van der Waals surface area (Å²) >= 11 is 0. The van der Waals surface area contributed by atoms with Gasteiger partial charge in [-0.05, 0) is 24.3 Å². The third-order valence-electron chi connectivity index (χ3n) is 2.73. The fourth-order valence-electron chi connectivity index (χ4n) is 1.98. The number of rotatable bonds is 1. The average Bonchev–Trinajstić information content (AvgIpc) is 2.39. The lowest BCUT2D eigenvalue weighted by Gasteiger charge is -2.30. The number of hydrogen-bond acceptors (Lipinski definition) is 3. The summed E-state index contributed by atoms with van der Waals surface area (Å²) in [5.41, 5.74) is 2.77. The number of anilines is 3. The van der Waals surface area contributed by atoms with Gasteiger partial charge in [-0.1, -0.05) is 12.1 Å². The van der Waals surface area contributed by atoms with E-state index in [1.807, 2.05) is 41.3 Å². The number of para-hydroxylation sites is 2. The van der Waals surface area contributed by atoms with Crippen LogP contribution in [0.2, 0.25) is 0 Å². The predicted molar refractivity (Wildman–Crippen MR) is 66.3 cm³/mol. The van der Waals surface area contributed by atoms with Crippen LogP contribution in [0.4, 0.5) is 17.1 Å². The van der Waals surface area contributed by atoms with E-state index in [1.54, 1.807) is 12.4 Å². The Morgan fingerprint density at radius 3 is 2.88 bits per heavy atom. The van der Waals surface area contributed by atoms with Gasteiger partial charge in [0, 0.05) is 6.20 Å². The van der Waals surface area contributed by atoms with E-state index >= 15 is 0 Å². The highest BCUT2D eigenvalue weighted by molar-refractivity contribution is 6.03. The van der Waals surface area contributed by atoms with E-state index < -0.39 is 0 Å². The zero-order chi connectivity index (χ0) is 11.7. The molecule has 84 valence electrons. The summed E-state index contributed by atoms with van der Waals surface area (Å²) in [5, 5.41) is 2.86. The van der Waals surface area contributed by atoms with Crippen molar-refractivity contribution in [3.05, 3.63) is 48.8 Å². The smallest absolute Gasteiger partial charge is 0.244 e. The van der Waals surface area contributed by atoms with Crippen molar-refractivity contribution in [2.24, 2.45) is 0 Å². The molecule has 0 atom stereocenters. The van der Waals surface area contributed by atoms with Crippen LogP contribution in [0.15, 0.2) is 48.8 Å². The van der Waals surface area contributed by atoms with Gasteiger partial charge in [0.05, 0.1) is 23.3 Å². The molecule has 0 fully saturated rings. The van der Waals surface area contributed by atoms with E-state index in [4.69, 9.17) is 0 Å². The lowest BCUT2D eigenvalue weighted by molar-refractivity contribution is -0.115. The summed E-state index contributed by atoms with van der Waals surface area (Å²) in [5.74, 6) is -0.00690. The van der Waals surface area contributed by atoms with Crippen molar-refractivity contribution in [2.45, 2.75) is 0 Å². The summed E-state index contributed by atoms with van der Waals surface area (Å²) in [6.07, 6.45) is 3.48. The lowest BCUT2D eigenvalue weighted by Crippen LogP contribution is -2.34. The first kappa shape index (κ1) is 9.84. The van der Waals surface area contributed by atoms with Crippen LogP contribution in [0.1, 0.15) is 0 Å². The number of nitrogens with zero attached hydrogens (tertiary/aromatic N) is 2. The van der Waals surface area contributed by atoms with Gasteiger partial charge in [-0.2, -0.15) is 0 Å². The topological polar surface area (TPSA) is 45.2 Å². The van der Waals surface area contributed by atoms with Gasteiger partial charge in [0.2, 0.25) is 5.91 Å². The van der Waals surface area contributed by atoms with Crippen LogP contribution >= 0.6 is 0 Å². The van der Waals surface area contributed by atoms with Crippen LogP contribution in [0, 0.1) is 0 Å². The number of nitrogens with one attached hydrogen (secondary N) is 1. The molecular weight excluding hydrogens is 214 g/mol. The molecule has 0 spiro atoms. The maximum absolute atomic E-state index is 11.6. The van der Waals surface area contributed by atoms with Crippen LogP contribution in [0.3, 0.4) is 0 Å². The van der Waals surface area contributed by atoms with E-state index in [0.29, 0.717) is 6.54 Å². The first-order valence-electron chi connectivity index (χ1n) is 5.41. The minimum atomic E-state index is -0.00690. The fourth-order valence-corrected chi connectivity index (χ4v) is 1.98. The number of amides is 1. The van der Waals surface area contributed by atoms with Crippen molar-refractivity contribution in [1.29, 1.82) is 0 Å². The molecule has 0 aliphatic carbocycles.